The van der Waals surface area contributed by atoms with Gasteiger partial charge in [-0.2, -0.15) is 18.2 Å². The smallest absolute Gasteiger partial charge is 0.423 e. The molecule has 2 aromatic heterocycles. The Morgan fingerprint density at radius 3 is 2.75 bits per heavy atom. The molecule has 0 saturated heterocycles. The SMILES string of the molecule is COc1cc(C(=O)NC2CCn3ccnc3C2)c(F)cc1Nc1ncc(C(F)(F)F)c(Oc2cccc3c2C(=O)N(C)C3)n1. The Labute approximate surface area is 247 Å². The summed E-state index contributed by atoms with van der Waals surface area (Å²) in [4.78, 5) is 38.9. The molecule has 2 aliphatic heterocycles. The molecule has 0 aliphatic carbocycles. The van der Waals surface area contributed by atoms with E-state index in [2.05, 4.69) is 25.6 Å². The van der Waals surface area contributed by atoms with Gasteiger partial charge >= 0.3 is 6.18 Å². The highest BCUT2D eigenvalue weighted by Gasteiger charge is 2.38. The Hall–Kier alpha value is -5.21. The number of rotatable bonds is 7. The summed E-state index contributed by atoms with van der Waals surface area (Å²) in [5, 5.41) is 5.46. The van der Waals surface area contributed by atoms with Crippen molar-refractivity contribution in [2.24, 2.45) is 0 Å². The normalized spacial score (nSPS) is 15.9. The molecule has 4 aromatic rings. The summed E-state index contributed by atoms with van der Waals surface area (Å²) >= 11 is 0. The molecule has 0 radical (unpaired) electrons. The fourth-order valence-corrected chi connectivity index (χ4v) is 5.21. The van der Waals surface area contributed by atoms with Gasteiger partial charge in [0.2, 0.25) is 11.8 Å². The van der Waals surface area contributed by atoms with Crippen molar-refractivity contribution >= 4 is 23.5 Å². The van der Waals surface area contributed by atoms with Crippen LogP contribution in [-0.2, 0) is 25.7 Å². The number of hydrogen-bond donors (Lipinski definition) is 2. The van der Waals surface area contributed by atoms with Gasteiger partial charge in [-0.05, 0) is 24.1 Å². The Kier molecular flexibility index (Phi) is 7.31. The zero-order chi connectivity index (χ0) is 31.2. The van der Waals surface area contributed by atoms with Crippen LogP contribution in [0.25, 0.3) is 0 Å². The van der Waals surface area contributed by atoms with Crippen LogP contribution in [0.2, 0.25) is 0 Å². The lowest BCUT2D eigenvalue weighted by atomic mass is 10.1. The summed E-state index contributed by atoms with van der Waals surface area (Å²) in [5.41, 5.74) is -0.896. The van der Waals surface area contributed by atoms with Crippen LogP contribution in [0.4, 0.5) is 29.2 Å². The number of ether oxygens (including phenoxy) is 2. The number of nitrogens with one attached hydrogen (secondary N) is 2. The fraction of sp³-hybridized carbons (Fsp3) is 0.276. The number of amides is 2. The number of hydrogen-bond acceptors (Lipinski definition) is 8. The second-order valence-corrected chi connectivity index (χ2v) is 10.3. The van der Waals surface area contributed by atoms with Crippen molar-refractivity contribution < 1.29 is 36.6 Å². The summed E-state index contributed by atoms with van der Waals surface area (Å²) in [6.45, 7) is 0.938. The summed E-state index contributed by atoms with van der Waals surface area (Å²) < 4.78 is 69.7. The molecule has 44 heavy (non-hydrogen) atoms. The molecular formula is C29H25F4N7O4. The van der Waals surface area contributed by atoms with Crippen LogP contribution < -0.4 is 20.1 Å². The topological polar surface area (TPSA) is 124 Å². The fourth-order valence-electron chi connectivity index (χ4n) is 5.21. The van der Waals surface area contributed by atoms with Crippen LogP contribution in [0, 0.1) is 5.82 Å². The highest BCUT2D eigenvalue weighted by atomic mass is 19.4. The number of imidazole rings is 1. The van der Waals surface area contributed by atoms with Gasteiger partial charge < -0.3 is 29.6 Å². The molecule has 2 aliphatic rings. The number of aromatic nitrogens is 4. The maximum absolute atomic E-state index is 15.2. The standard InChI is InChI=1S/C29H25F4N7O4/c1-39-14-15-4-3-5-21(24(15)27(39)42)44-26-18(29(31,32)33)13-35-28(38-26)37-20-12-19(30)17(11-22(20)43-2)25(41)36-16-6-8-40-9-7-34-23(40)10-16/h3-5,7,9,11-13,16H,6,8,10,14H2,1-2H3,(H,36,41)(H,35,37,38). The molecule has 15 heteroatoms. The third-order valence-electron chi connectivity index (χ3n) is 7.41. The molecule has 6 rings (SSSR count). The van der Waals surface area contributed by atoms with Gasteiger partial charge in [-0.15, -0.1) is 0 Å². The molecule has 228 valence electrons. The van der Waals surface area contributed by atoms with Crippen LogP contribution in [-0.4, -0.2) is 56.4 Å². The van der Waals surface area contributed by atoms with Crippen molar-refractivity contribution in [3.05, 3.63) is 82.8 Å². The highest BCUT2D eigenvalue weighted by molar-refractivity contribution is 6.01. The number of fused-ring (bicyclic) bond motifs is 2. The Bertz CT molecular complexity index is 1780. The number of alkyl halides is 3. The lowest BCUT2D eigenvalue weighted by Crippen LogP contribution is -2.40. The van der Waals surface area contributed by atoms with Gasteiger partial charge in [-0.3, -0.25) is 9.59 Å². The zero-order valence-electron chi connectivity index (χ0n) is 23.4. The molecule has 0 saturated carbocycles. The Morgan fingerprint density at radius 2 is 1.98 bits per heavy atom. The first-order valence-corrected chi connectivity index (χ1v) is 13.5. The average Bonchev–Trinajstić information content (AvgIpc) is 3.56. The van der Waals surface area contributed by atoms with Crippen molar-refractivity contribution in [2.75, 3.05) is 19.5 Å². The zero-order valence-corrected chi connectivity index (χ0v) is 23.4. The lowest BCUT2D eigenvalue weighted by molar-refractivity contribution is -0.139. The quantitative estimate of drug-likeness (QED) is 0.288. The lowest BCUT2D eigenvalue weighted by Gasteiger charge is -2.24. The molecule has 0 fully saturated rings. The number of carbonyl (C=O) groups excluding carboxylic acids is 2. The van der Waals surface area contributed by atoms with E-state index in [1.807, 2.05) is 10.8 Å². The minimum Gasteiger partial charge on any atom is -0.495 e. The molecule has 2 aromatic carbocycles. The Balaban J connectivity index is 1.26. The number of halogens is 4. The highest BCUT2D eigenvalue weighted by Crippen LogP contribution is 2.40. The van der Waals surface area contributed by atoms with Gasteiger partial charge in [0.1, 0.15) is 28.7 Å². The van der Waals surface area contributed by atoms with Gasteiger partial charge in [-0.1, -0.05) is 12.1 Å². The Morgan fingerprint density at radius 1 is 1.16 bits per heavy atom. The molecule has 1 unspecified atom stereocenters. The molecule has 11 nitrogen and oxygen atoms in total. The van der Waals surface area contributed by atoms with Crippen molar-refractivity contribution in [3.63, 3.8) is 0 Å². The number of benzene rings is 2. The van der Waals surface area contributed by atoms with Crippen LogP contribution >= 0.6 is 0 Å². The van der Waals surface area contributed by atoms with Crippen LogP contribution in [0.15, 0.2) is 48.9 Å². The first kappa shape index (κ1) is 28.9. The van der Waals surface area contributed by atoms with E-state index in [-0.39, 0.29) is 46.8 Å². The summed E-state index contributed by atoms with van der Waals surface area (Å²) in [6.07, 6.45) is 0.291. The number of anilines is 2. The monoisotopic (exact) mass is 611 g/mol. The summed E-state index contributed by atoms with van der Waals surface area (Å²) in [6, 6.07) is 6.49. The number of aryl methyl sites for hydroxylation is 1. The van der Waals surface area contributed by atoms with Gasteiger partial charge in [0.15, 0.2) is 0 Å². The van der Waals surface area contributed by atoms with Gasteiger partial charge in [0.05, 0.1) is 23.9 Å². The van der Waals surface area contributed by atoms with E-state index in [1.54, 1.807) is 25.4 Å². The van der Waals surface area contributed by atoms with E-state index in [0.717, 1.165) is 11.9 Å². The molecule has 1 atom stereocenters. The second-order valence-electron chi connectivity index (χ2n) is 10.3. The minimum absolute atomic E-state index is 0.0104. The van der Waals surface area contributed by atoms with E-state index in [9.17, 15) is 22.8 Å². The van der Waals surface area contributed by atoms with Gasteiger partial charge in [-0.25, -0.2) is 14.4 Å². The summed E-state index contributed by atoms with van der Waals surface area (Å²) in [7, 11) is 2.85. The minimum atomic E-state index is -4.89. The number of nitrogens with zero attached hydrogens (tertiary/aromatic N) is 5. The third kappa shape index (κ3) is 5.47. The third-order valence-corrected chi connectivity index (χ3v) is 7.41. The average molecular weight is 612 g/mol. The maximum Gasteiger partial charge on any atom is 0.423 e. The first-order chi connectivity index (χ1) is 21.0. The van der Waals surface area contributed by atoms with Crippen LogP contribution in [0.1, 0.15) is 44.1 Å². The molecule has 0 bridgehead atoms. The van der Waals surface area contributed by atoms with Crippen molar-refractivity contribution in [2.45, 2.75) is 38.1 Å². The summed E-state index contributed by atoms with van der Waals surface area (Å²) in [5.74, 6) is -2.50. The van der Waals surface area contributed by atoms with Crippen molar-refractivity contribution in [3.8, 4) is 17.4 Å². The van der Waals surface area contributed by atoms with E-state index < -0.39 is 35.3 Å². The van der Waals surface area contributed by atoms with E-state index in [0.29, 0.717) is 31.1 Å². The van der Waals surface area contributed by atoms with E-state index in [4.69, 9.17) is 9.47 Å². The predicted molar refractivity (Wildman–Crippen MR) is 147 cm³/mol. The molecule has 4 heterocycles. The predicted octanol–water partition coefficient (Wildman–Crippen LogP) is 4.71. The van der Waals surface area contributed by atoms with Gasteiger partial charge in [0, 0.05) is 57.3 Å². The van der Waals surface area contributed by atoms with Crippen LogP contribution in [0.5, 0.6) is 17.4 Å². The molecule has 2 amide bonds. The number of carbonyl (C=O) groups is 2. The molecule has 2 N–H and O–H groups in total. The van der Waals surface area contributed by atoms with Crippen LogP contribution in [0.3, 0.4) is 0 Å². The number of methoxy groups -OCH3 is 1. The maximum atomic E-state index is 15.2. The largest absolute Gasteiger partial charge is 0.495 e. The van der Waals surface area contributed by atoms with E-state index in [1.165, 1.54) is 24.1 Å². The second kappa shape index (κ2) is 11.1. The van der Waals surface area contributed by atoms with Gasteiger partial charge in [0.25, 0.3) is 11.8 Å². The van der Waals surface area contributed by atoms with E-state index >= 15 is 4.39 Å². The van der Waals surface area contributed by atoms with Crippen molar-refractivity contribution in [1.29, 1.82) is 0 Å². The molecular weight excluding hydrogens is 586 g/mol. The molecule has 0 spiro atoms. The first-order valence-electron chi connectivity index (χ1n) is 13.5. The van der Waals surface area contributed by atoms with Crippen molar-refractivity contribution in [1.82, 2.24) is 29.7 Å².